The van der Waals surface area contributed by atoms with Gasteiger partial charge in [0, 0.05) is 18.2 Å². The van der Waals surface area contributed by atoms with Crippen LogP contribution in [0, 0.1) is 23.0 Å². The molecule has 0 bridgehead atoms. The summed E-state index contributed by atoms with van der Waals surface area (Å²) in [4.78, 5) is 28.2. The average Bonchev–Trinajstić information content (AvgIpc) is 3.21. The minimum Gasteiger partial charge on any atom is -0.453 e. The monoisotopic (exact) mass is 425 g/mol. The SMILES string of the molecule is CC(OC(=O)CCc1ncc(-c2ccc(F)cc2F)o1)C(=O)Nc1cccc(C#N)c1. The fourth-order valence-electron chi connectivity index (χ4n) is 2.67. The molecule has 0 saturated carbocycles. The van der Waals surface area contributed by atoms with Crippen LogP contribution in [0.25, 0.3) is 11.3 Å². The van der Waals surface area contributed by atoms with Gasteiger partial charge in [-0.05, 0) is 37.3 Å². The molecule has 1 unspecified atom stereocenters. The number of oxazole rings is 1. The summed E-state index contributed by atoms with van der Waals surface area (Å²) in [5.41, 5.74) is 0.842. The Labute approximate surface area is 176 Å². The number of carbonyl (C=O) groups excluding carboxylic acids is 2. The number of nitrogens with one attached hydrogen (secondary N) is 1. The molecule has 0 spiro atoms. The van der Waals surface area contributed by atoms with Crippen LogP contribution in [0.3, 0.4) is 0 Å². The molecule has 3 rings (SSSR count). The quantitative estimate of drug-likeness (QED) is 0.574. The average molecular weight is 425 g/mol. The third-order valence-electron chi connectivity index (χ3n) is 4.23. The van der Waals surface area contributed by atoms with Crippen molar-refractivity contribution in [2.75, 3.05) is 5.32 Å². The molecule has 1 amide bonds. The van der Waals surface area contributed by atoms with E-state index in [1.807, 2.05) is 6.07 Å². The smallest absolute Gasteiger partial charge is 0.307 e. The van der Waals surface area contributed by atoms with Crippen molar-refractivity contribution in [2.24, 2.45) is 0 Å². The summed E-state index contributed by atoms with van der Waals surface area (Å²) in [5, 5.41) is 11.5. The van der Waals surface area contributed by atoms with Crippen molar-refractivity contribution in [3.63, 3.8) is 0 Å². The van der Waals surface area contributed by atoms with E-state index in [2.05, 4.69) is 10.3 Å². The predicted molar refractivity (Wildman–Crippen MR) is 106 cm³/mol. The van der Waals surface area contributed by atoms with Gasteiger partial charge in [0.25, 0.3) is 5.91 Å². The van der Waals surface area contributed by atoms with Crippen molar-refractivity contribution >= 4 is 17.6 Å². The lowest BCUT2D eigenvalue weighted by atomic mass is 10.2. The van der Waals surface area contributed by atoms with Gasteiger partial charge in [-0.3, -0.25) is 9.59 Å². The summed E-state index contributed by atoms with van der Waals surface area (Å²) in [6.07, 6.45) is 0.169. The summed E-state index contributed by atoms with van der Waals surface area (Å²) in [5.74, 6) is -2.43. The van der Waals surface area contributed by atoms with Crippen LogP contribution in [0.4, 0.5) is 14.5 Å². The van der Waals surface area contributed by atoms with Gasteiger partial charge in [0.15, 0.2) is 17.8 Å². The Morgan fingerprint density at radius 3 is 2.81 bits per heavy atom. The number of aromatic nitrogens is 1. The molecule has 1 heterocycles. The van der Waals surface area contributed by atoms with Crippen LogP contribution in [0.1, 0.15) is 24.8 Å². The number of nitriles is 1. The molecule has 3 aromatic rings. The zero-order valence-corrected chi connectivity index (χ0v) is 16.4. The second-order valence-corrected chi connectivity index (χ2v) is 6.56. The summed E-state index contributed by atoms with van der Waals surface area (Å²) < 4.78 is 37.3. The zero-order valence-electron chi connectivity index (χ0n) is 16.4. The topological polar surface area (TPSA) is 105 Å². The fraction of sp³-hybridized carbons (Fsp3) is 0.182. The van der Waals surface area contributed by atoms with Crippen molar-refractivity contribution in [2.45, 2.75) is 25.9 Å². The molecule has 1 atom stereocenters. The number of benzene rings is 2. The van der Waals surface area contributed by atoms with Crippen LogP contribution in [0.15, 0.2) is 53.1 Å². The highest BCUT2D eigenvalue weighted by atomic mass is 19.1. The fourth-order valence-corrected chi connectivity index (χ4v) is 2.67. The maximum Gasteiger partial charge on any atom is 0.307 e. The first-order chi connectivity index (χ1) is 14.9. The Kier molecular flexibility index (Phi) is 6.72. The summed E-state index contributed by atoms with van der Waals surface area (Å²) in [7, 11) is 0. The third-order valence-corrected chi connectivity index (χ3v) is 4.23. The number of anilines is 1. The van der Waals surface area contributed by atoms with Gasteiger partial charge in [0.05, 0.1) is 29.8 Å². The van der Waals surface area contributed by atoms with Crippen LogP contribution in [-0.4, -0.2) is 23.0 Å². The van der Waals surface area contributed by atoms with E-state index >= 15 is 0 Å². The van der Waals surface area contributed by atoms with E-state index in [4.69, 9.17) is 14.4 Å². The highest BCUT2D eigenvalue weighted by molar-refractivity contribution is 5.95. The number of halogens is 2. The van der Waals surface area contributed by atoms with E-state index in [0.29, 0.717) is 11.3 Å². The standard InChI is InChI=1S/C22H17F2N3O4/c1-13(22(29)27-16-4-2-3-14(9-16)11-25)30-21(28)8-7-20-26-12-19(31-20)17-6-5-15(23)10-18(17)24/h2-6,9-10,12-13H,7-8H2,1H3,(H,27,29). The molecule has 0 aliphatic carbocycles. The molecule has 0 aliphatic rings. The normalized spacial score (nSPS) is 11.4. The zero-order chi connectivity index (χ0) is 22.4. The van der Waals surface area contributed by atoms with E-state index in [9.17, 15) is 18.4 Å². The molecular formula is C22H17F2N3O4. The number of aryl methyl sites for hydroxylation is 1. The highest BCUT2D eigenvalue weighted by Crippen LogP contribution is 2.24. The van der Waals surface area contributed by atoms with Gasteiger partial charge in [0.1, 0.15) is 11.6 Å². The molecule has 158 valence electrons. The maximum absolute atomic E-state index is 13.8. The molecule has 0 radical (unpaired) electrons. The molecule has 0 aliphatic heterocycles. The van der Waals surface area contributed by atoms with E-state index in [-0.39, 0.29) is 30.1 Å². The molecule has 0 saturated heterocycles. The van der Waals surface area contributed by atoms with Gasteiger partial charge in [-0.25, -0.2) is 13.8 Å². The number of hydrogen-bond acceptors (Lipinski definition) is 6. The van der Waals surface area contributed by atoms with Crippen molar-refractivity contribution in [1.29, 1.82) is 5.26 Å². The molecule has 2 aromatic carbocycles. The van der Waals surface area contributed by atoms with Crippen molar-refractivity contribution in [1.82, 2.24) is 4.98 Å². The maximum atomic E-state index is 13.8. The minimum absolute atomic E-state index is 0.0495. The van der Waals surface area contributed by atoms with Crippen molar-refractivity contribution in [3.8, 4) is 17.4 Å². The highest BCUT2D eigenvalue weighted by Gasteiger charge is 2.19. The van der Waals surface area contributed by atoms with Crippen LogP contribution in [0.2, 0.25) is 0 Å². The van der Waals surface area contributed by atoms with Crippen LogP contribution < -0.4 is 5.32 Å². The van der Waals surface area contributed by atoms with E-state index in [1.165, 1.54) is 25.3 Å². The van der Waals surface area contributed by atoms with Gasteiger partial charge in [-0.1, -0.05) is 6.07 Å². The lowest BCUT2D eigenvalue weighted by Crippen LogP contribution is -2.30. The molecule has 1 aromatic heterocycles. The Morgan fingerprint density at radius 2 is 2.06 bits per heavy atom. The van der Waals surface area contributed by atoms with Crippen LogP contribution >= 0.6 is 0 Å². The van der Waals surface area contributed by atoms with Gasteiger partial charge >= 0.3 is 5.97 Å². The van der Waals surface area contributed by atoms with Crippen LogP contribution in [-0.2, 0) is 20.7 Å². The summed E-state index contributed by atoms with van der Waals surface area (Å²) >= 11 is 0. The Morgan fingerprint density at radius 1 is 1.26 bits per heavy atom. The largest absolute Gasteiger partial charge is 0.453 e. The minimum atomic E-state index is -1.06. The Bertz CT molecular complexity index is 1150. The number of hydrogen-bond donors (Lipinski definition) is 1. The number of nitrogens with zero attached hydrogens (tertiary/aromatic N) is 2. The lowest BCUT2D eigenvalue weighted by molar-refractivity contribution is -0.153. The Hall–Kier alpha value is -4.06. The lowest BCUT2D eigenvalue weighted by Gasteiger charge is -2.13. The first-order valence-corrected chi connectivity index (χ1v) is 9.26. The van der Waals surface area contributed by atoms with Crippen molar-refractivity contribution in [3.05, 3.63) is 71.8 Å². The third kappa shape index (κ3) is 5.73. The van der Waals surface area contributed by atoms with E-state index in [1.54, 1.807) is 18.2 Å². The van der Waals surface area contributed by atoms with Crippen molar-refractivity contribution < 1.29 is 27.5 Å². The number of carbonyl (C=O) groups is 2. The number of esters is 1. The Balaban J connectivity index is 1.51. The summed E-state index contributed by atoms with van der Waals surface area (Å²) in [6.45, 7) is 1.42. The van der Waals surface area contributed by atoms with E-state index in [0.717, 1.165) is 12.1 Å². The van der Waals surface area contributed by atoms with Gasteiger partial charge in [-0.15, -0.1) is 0 Å². The number of rotatable bonds is 7. The molecule has 31 heavy (non-hydrogen) atoms. The second kappa shape index (κ2) is 9.63. The van der Waals surface area contributed by atoms with Gasteiger partial charge in [-0.2, -0.15) is 5.26 Å². The molecule has 1 N–H and O–H groups in total. The number of amides is 1. The predicted octanol–water partition coefficient (Wildman–Crippen LogP) is 3.99. The second-order valence-electron chi connectivity index (χ2n) is 6.56. The molecular weight excluding hydrogens is 408 g/mol. The molecule has 7 nitrogen and oxygen atoms in total. The number of ether oxygens (including phenoxy) is 1. The first-order valence-electron chi connectivity index (χ1n) is 9.26. The van der Waals surface area contributed by atoms with Crippen LogP contribution in [0.5, 0.6) is 0 Å². The van der Waals surface area contributed by atoms with E-state index < -0.39 is 29.6 Å². The molecule has 9 heteroatoms. The summed E-state index contributed by atoms with van der Waals surface area (Å²) in [6, 6.07) is 11.3. The molecule has 0 fully saturated rings. The van der Waals surface area contributed by atoms with Gasteiger partial charge < -0.3 is 14.5 Å². The first kappa shape index (κ1) is 21.6. The van der Waals surface area contributed by atoms with Gasteiger partial charge in [0.2, 0.25) is 0 Å².